The third kappa shape index (κ3) is 3.91. The van der Waals surface area contributed by atoms with Crippen molar-refractivity contribution in [3.63, 3.8) is 0 Å². The van der Waals surface area contributed by atoms with Gasteiger partial charge < -0.3 is 0 Å². The van der Waals surface area contributed by atoms with E-state index in [4.69, 9.17) is 0 Å². The van der Waals surface area contributed by atoms with Crippen molar-refractivity contribution in [2.45, 2.75) is 37.1 Å². The molecule has 1 N–H and O–H groups in total. The number of aryl methyl sites for hydroxylation is 2. The van der Waals surface area contributed by atoms with Gasteiger partial charge in [0, 0.05) is 30.7 Å². The maximum absolute atomic E-state index is 12.8. The van der Waals surface area contributed by atoms with Crippen LogP contribution in [0.4, 0.5) is 0 Å². The Kier molecular flexibility index (Phi) is 5.01. The molecular formula is C21H21N3O2S. The molecule has 27 heavy (non-hydrogen) atoms. The van der Waals surface area contributed by atoms with Gasteiger partial charge in [0.25, 0.3) is 0 Å². The summed E-state index contributed by atoms with van der Waals surface area (Å²) in [6.07, 6.45) is 9.39. The Labute approximate surface area is 159 Å². The van der Waals surface area contributed by atoms with Gasteiger partial charge in [-0.15, -0.1) is 0 Å². The summed E-state index contributed by atoms with van der Waals surface area (Å²) in [7, 11) is -3.58. The molecule has 3 aromatic rings. The SMILES string of the molecule is O=S(=O)(NCc1cccnc1-c1ccncc1)c1ccc2c(c1)CCCC2. The van der Waals surface area contributed by atoms with E-state index in [-0.39, 0.29) is 6.54 Å². The minimum Gasteiger partial charge on any atom is -0.265 e. The van der Waals surface area contributed by atoms with Crippen LogP contribution in [0, 0.1) is 0 Å². The summed E-state index contributed by atoms with van der Waals surface area (Å²) in [5.74, 6) is 0. The van der Waals surface area contributed by atoms with Crippen LogP contribution in [0.15, 0.2) is 66.0 Å². The van der Waals surface area contributed by atoms with Gasteiger partial charge >= 0.3 is 0 Å². The van der Waals surface area contributed by atoms with Gasteiger partial charge in [0.2, 0.25) is 10.0 Å². The molecule has 0 saturated heterocycles. The summed E-state index contributed by atoms with van der Waals surface area (Å²) >= 11 is 0. The van der Waals surface area contributed by atoms with E-state index in [1.54, 1.807) is 24.7 Å². The first kappa shape index (κ1) is 17.8. The van der Waals surface area contributed by atoms with Crippen molar-refractivity contribution < 1.29 is 8.42 Å². The van der Waals surface area contributed by atoms with Crippen molar-refractivity contribution >= 4 is 10.0 Å². The van der Waals surface area contributed by atoms with Crippen LogP contribution in [0.5, 0.6) is 0 Å². The van der Waals surface area contributed by atoms with Crippen LogP contribution >= 0.6 is 0 Å². The largest absolute Gasteiger partial charge is 0.265 e. The maximum atomic E-state index is 12.8. The fourth-order valence-electron chi connectivity index (χ4n) is 3.48. The van der Waals surface area contributed by atoms with Crippen LogP contribution in [0.1, 0.15) is 29.5 Å². The summed E-state index contributed by atoms with van der Waals surface area (Å²) in [5, 5.41) is 0. The van der Waals surface area contributed by atoms with E-state index in [2.05, 4.69) is 14.7 Å². The molecule has 0 atom stereocenters. The highest BCUT2D eigenvalue weighted by Crippen LogP contribution is 2.25. The number of nitrogens with one attached hydrogen (secondary N) is 1. The van der Waals surface area contributed by atoms with Crippen molar-refractivity contribution in [2.24, 2.45) is 0 Å². The Hall–Kier alpha value is -2.57. The van der Waals surface area contributed by atoms with Crippen molar-refractivity contribution in [3.05, 3.63) is 77.7 Å². The third-order valence-electron chi connectivity index (χ3n) is 4.93. The molecule has 1 aromatic carbocycles. The number of fused-ring (bicyclic) bond motifs is 1. The number of pyridine rings is 2. The number of hydrogen-bond donors (Lipinski definition) is 1. The fraction of sp³-hybridized carbons (Fsp3) is 0.238. The number of benzene rings is 1. The average Bonchev–Trinajstić information content (AvgIpc) is 2.73. The number of nitrogens with zero attached hydrogens (tertiary/aromatic N) is 2. The number of sulfonamides is 1. The molecule has 1 aliphatic rings. The molecule has 0 bridgehead atoms. The normalized spacial score (nSPS) is 13.9. The molecular weight excluding hydrogens is 358 g/mol. The first-order chi connectivity index (χ1) is 13.1. The molecule has 5 nitrogen and oxygen atoms in total. The molecule has 0 amide bonds. The molecule has 1 aliphatic carbocycles. The van der Waals surface area contributed by atoms with E-state index < -0.39 is 10.0 Å². The highest BCUT2D eigenvalue weighted by atomic mass is 32.2. The summed E-state index contributed by atoms with van der Waals surface area (Å²) in [6.45, 7) is 0.185. The molecule has 0 aliphatic heterocycles. The molecule has 6 heteroatoms. The Morgan fingerprint density at radius 1 is 0.926 bits per heavy atom. The quantitative estimate of drug-likeness (QED) is 0.736. The van der Waals surface area contributed by atoms with Crippen LogP contribution in [-0.4, -0.2) is 18.4 Å². The van der Waals surface area contributed by atoms with E-state index in [1.807, 2.05) is 36.4 Å². The monoisotopic (exact) mass is 379 g/mol. The zero-order valence-corrected chi connectivity index (χ0v) is 15.7. The molecule has 138 valence electrons. The highest BCUT2D eigenvalue weighted by Gasteiger charge is 2.18. The molecule has 0 saturated carbocycles. The second-order valence-electron chi connectivity index (χ2n) is 6.71. The summed E-state index contributed by atoms with van der Waals surface area (Å²) in [4.78, 5) is 8.77. The van der Waals surface area contributed by atoms with E-state index in [0.717, 1.165) is 41.6 Å². The second kappa shape index (κ2) is 7.58. The Balaban J connectivity index is 1.57. The lowest BCUT2D eigenvalue weighted by molar-refractivity contribution is 0.580. The van der Waals surface area contributed by atoms with Gasteiger partial charge in [0.05, 0.1) is 10.6 Å². The van der Waals surface area contributed by atoms with E-state index in [1.165, 1.54) is 12.0 Å². The van der Waals surface area contributed by atoms with Gasteiger partial charge in [-0.25, -0.2) is 13.1 Å². The Morgan fingerprint density at radius 3 is 2.52 bits per heavy atom. The van der Waals surface area contributed by atoms with Crippen molar-refractivity contribution in [3.8, 4) is 11.3 Å². The summed E-state index contributed by atoms with van der Waals surface area (Å²) < 4.78 is 28.3. The van der Waals surface area contributed by atoms with E-state index >= 15 is 0 Å². The van der Waals surface area contributed by atoms with Gasteiger partial charge in [-0.3, -0.25) is 9.97 Å². The van der Waals surface area contributed by atoms with Crippen LogP contribution < -0.4 is 4.72 Å². The first-order valence-corrected chi connectivity index (χ1v) is 10.6. The van der Waals surface area contributed by atoms with Gasteiger partial charge in [-0.2, -0.15) is 0 Å². The topological polar surface area (TPSA) is 72.0 Å². The Morgan fingerprint density at radius 2 is 1.70 bits per heavy atom. The average molecular weight is 379 g/mol. The summed E-state index contributed by atoms with van der Waals surface area (Å²) in [6, 6.07) is 12.9. The highest BCUT2D eigenvalue weighted by molar-refractivity contribution is 7.89. The van der Waals surface area contributed by atoms with Crippen molar-refractivity contribution in [1.82, 2.24) is 14.7 Å². The van der Waals surface area contributed by atoms with Crippen LogP contribution in [-0.2, 0) is 29.4 Å². The maximum Gasteiger partial charge on any atom is 0.240 e. The first-order valence-electron chi connectivity index (χ1n) is 9.09. The lowest BCUT2D eigenvalue weighted by Gasteiger charge is -2.17. The number of aromatic nitrogens is 2. The van der Waals surface area contributed by atoms with Crippen molar-refractivity contribution in [1.29, 1.82) is 0 Å². The molecule has 0 unspecified atom stereocenters. The lowest BCUT2D eigenvalue weighted by Crippen LogP contribution is -2.24. The van der Waals surface area contributed by atoms with E-state index in [9.17, 15) is 8.42 Å². The number of rotatable bonds is 5. The van der Waals surface area contributed by atoms with E-state index in [0.29, 0.717) is 4.90 Å². The van der Waals surface area contributed by atoms with Crippen LogP contribution in [0.2, 0.25) is 0 Å². The van der Waals surface area contributed by atoms with Gasteiger partial charge in [-0.1, -0.05) is 12.1 Å². The predicted molar refractivity (Wildman–Crippen MR) is 105 cm³/mol. The molecule has 2 heterocycles. The zero-order chi connectivity index (χ0) is 18.7. The third-order valence-corrected chi connectivity index (χ3v) is 6.33. The fourth-order valence-corrected chi connectivity index (χ4v) is 4.54. The van der Waals surface area contributed by atoms with Crippen LogP contribution in [0.3, 0.4) is 0 Å². The summed E-state index contributed by atoms with van der Waals surface area (Å²) in [5.41, 5.74) is 4.92. The molecule has 2 aromatic heterocycles. The zero-order valence-electron chi connectivity index (χ0n) is 14.9. The smallest absolute Gasteiger partial charge is 0.240 e. The van der Waals surface area contributed by atoms with Gasteiger partial charge in [-0.05, 0) is 72.7 Å². The lowest BCUT2D eigenvalue weighted by atomic mass is 9.92. The molecule has 0 spiro atoms. The van der Waals surface area contributed by atoms with Gasteiger partial charge in [0.1, 0.15) is 0 Å². The predicted octanol–water partition coefficient (Wildman–Crippen LogP) is 3.50. The molecule has 4 rings (SSSR count). The molecule has 0 fully saturated rings. The minimum atomic E-state index is -3.58. The molecule has 0 radical (unpaired) electrons. The van der Waals surface area contributed by atoms with Crippen LogP contribution in [0.25, 0.3) is 11.3 Å². The standard InChI is InChI=1S/C21H21N3O2S/c25-27(26,20-8-7-16-4-1-2-5-18(16)14-20)24-15-19-6-3-11-23-21(19)17-9-12-22-13-10-17/h3,6-14,24H,1-2,4-5,15H2. The van der Waals surface area contributed by atoms with Gasteiger partial charge in [0.15, 0.2) is 0 Å². The second-order valence-corrected chi connectivity index (χ2v) is 8.48. The van der Waals surface area contributed by atoms with Crippen molar-refractivity contribution in [2.75, 3.05) is 0 Å². The number of hydrogen-bond acceptors (Lipinski definition) is 4. The Bertz CT molecular complexity index is 1050. The minimum absolute atomic E-state index is 0.185.